The Bertz CT molecular complexity index is 260. The van der Waals surface area contributed by atoms with Gasteiger partial charge < -0.3 is 4.74 Å². The molecule has 5 heteroatoms. The van der Waals surface area contributed by atoms with Crippen LogP contribution in [0.5, 0.6) is 0 Å². The second-order valence-electron chi connectivity index (χ2n) is 1.73. The molecular weight excluding hydrogens is 212 g/mol. The molecule has 4 nitrogen and oxygen atoms in total. The Hall–Kier alpha value is -0.970. The van der Waals surface area contributed by atoms with Gasteiger partial charge in [-0.2, -0.15) is 0 Å². The van der Waals surface area contributed by atoms with E-state index in [4.69, 9.17) is 0 Å². The third kappa shape index (κ3) is 1.98. The lowest BCUT2D eigenvalue weighted by atomic mass is 10.4. The molecule has 1 rings (SSSR count). The Morgan fingerprint density at radius 1 is 1.55 bits per heavy atom. The van der Waals surface area contributed by atoms with Crippen LogP contribution >= 0.6 is 15.9 Å². The highest BCUT2D eigenvalue weighted by Gasteiger charge is 2.04. The first-order valence-electron chi connectivity index (χ1n) is 2.80. The van der Waals surface area contributed by atoms with Gasteiger partial charge in [-0.1, -0.05) is 0 Å². The predicted octanol–water partition coefficient (Wildman–Crippen LogP) is 1.03. The van der Waals surface area contributed by atoms with E-state index in [1.165, 1.54) is 19.5 Å². The van der Waals surface area contributed by atoms with Crippen molar-refractivity contribution in [2.75, 3.05) is 7.11 Å². The number of methoxy groups -OCH3 is 1. The molecule has 0 aliphatic heterocycles. The molecule has 0 amide bonds. The number of nitrogens with zero attached hydrogens (tertiary/aromatic N) is 2. The maximum Gasteiger partial charge on any atom is 0.341 e. The van der Waals surface area contributed by atoms with Crippen molar-refractivity contribution in [2.24, 2.45) is 0 Å². The number of aromatic nitrogens is 2. The second-order valence-corrected chi connectivity index (χ2v) is 2.44. The van der Waals surface area contributed by atoms with Crippen molar-refractivity contribution >= 4 is 21.9 Å². The summed E-state index contributed by atoms with van der Waals surface area (Å²) in [5.41, 5.74) is 0.343. The van der Waals surface area contributed by atoms with Crippen LogP contribution in [-0.4, -0.2) is 23.0 Å². The van der Waals surface area contributed by atoms with Gasteiger partial charge in [0, 0.05) is 12.4 Å². The molecule has 1 heterocycles. The highest BCUT2D eigenvalue weighted by molar-refractivity contribution is 9.10. The van der Waals surface area contributed by atoms with Crippen molar-refractivity contribution in [3.63, 3.8) is 0 Å². The monoisotopic (exact) mass is 216 g/mol. The molecule has 0 atom stereocenters. The number of hydrogen-bond donors (Lipinski definition) is 0. The van der Waals surface area contributed by atoms with E-state index in [0.29, 0.717) is 10.3 Å². The molecule has 58 valence electrons. The van der Waals surface area contributed by atoms with Crippen LogP contribution in [0.2, 0.25) is 0 Å². The number of carbonyl (C=O) groups excluding carboxylic acids is 1. The van der Waals surface area contributed by atoms with Crippen LogP contribution in [0, 0.1) is 0 Å². The van der Waals surface area contributed by atoms with Crippen LogP contribution < -0.4 is 0 Å². The molecule has 0 radical (unpaired) electrons. The van der Waals surface area contributed by atoms with Gasteiger partial charge in [-0.15, -0.1) is 0 Å². The number of carbonyl (C=O) groups is 1. The molecule has 0 unspecified atom stereocenters. The molecule has 0 aromatic carbocycles. The van der Waals surface area contributed by atoms with E-state index in [2.05, 4.69) is 30.6 Å². The summed E-state index contributed by atoms with van der Waals surface area (Å²) >= 11 is 3.04. The minimum atomic E-state index is -0.433. The second kappa shape index (κ2) is 3.43. The average molecular weight is 217 g/mol. The molecule has 0 aliphatic rings. The van der Waals surface area contributed by atoms with E-state index in [9.17, 15) is 4.79 Å². The minimum Gasteiger partial charge on any atom is -0.465 e. The summed E-state index contributed by atoms with van der Waals surface area (Å²) < 4.78 is 4.89. The van der Waals surface area contributed by atoms with Gasteiger partial charge >= 0.3 is 5.97 Å². The van der Waals surface area contributed by atoms with Gasteiger partial charge in [-0.3, -0.25) is 0 Å². The summed E-state index contributed by atoms with van der Waals surface area (Å²) in [5.74, 6) is -0.433. The van der Waals surface area contributed by atoms with Gasteiger partial charge in [-0.05, 0) is 15.9 Å². The zero-order chi connectivity index (χ0) is 8.27. The molecule has 1 aromatic rings. The molecule has 1 aromatic heterocycles. The normalized spacial score (nSPS) is 9.27. The average Bonchev–Trinajstić information content (AvgIpc) is 2.05. The summed E-state index contributed by atoms with van der Waals surface area (Å²) in [7, 11) is 1.31. The first kappa shape index (κ1) is 8.13. The van der Waals surface area contributed by atoms with Crippen molar-refractivity contribution in [2.45, 2.75) is 0 Å². The van der Waals surface area contributed by atoms with Gasteiger partial charge in [0.1, 0.15) is 0 Å². The Morgan fingerprint density at radius 2 is 2.09 bits per heavy atom. The molecule has 0 fully saturated rings. The van der Waals surface area contributed by atoms with Crippen molar-refractivity contribution in [3.05, 3.63) is 22.7 Å². The maximum atomic E-state index is 10.8. The molecule has 0 aliphatic carbocycles. The quantitative estimate of drug-likeness (QED) is 0.520. The third-order valence-corrected chi connectivity index (χ3v) is 1.45. The summed E-state index contributed by atoms with van der Waals surface area (Å²) in [4.78, 5) is 18.3. The summed E-state index contributed by atoms with van der Waals surface area (Å²) in [6, 6.07) is 0. The minimum absolute atomic E-state index is 0.343. The van der Waals surface area contributed by atoms with E-state index in [0.717, 1.165) is 0 Å². The van der Waals surface area contributed by atoms with Crippen molar-refractivity contribution in [1.82, 2.24) is 9.97 Å². The van der Waals surface area contributed by atoms with Crippen LogP contribution in [0.15, 0.2) is 17.1 Å². The Morgan fingerprint density at radius 3 is 2.55 bits per heavy atom. The van der Waals surface area contributed by atoms with E-state index in [1.54, 1.807) is 0 Å². The van der Waals surface area contributed by atoms with Crippen LogP contribution in [0.1, 0.15) is 10.4 Å². The first-order chi connectivity index (χ1) is 5.24. The van der Waals surface area contributed by atoms with Crippen LogP contribution in [-0.2, 0) is 4.74 Å². The van der Waals surface area contributed by atoms with Crippen molar-refractivity contribution in [3.8, 4) is 0 Å². The van der Waals surface area contributed by atoms with E-state index >= 15 is 0 Å². The van der Waals surface area contributed by atoms with Crippen LogP contribution in [0.4, 0.5) is 0 Å². The topological polar surface area (TPSA) is 52.1 Å². The summed E-state index contributed by atoms with van der Waals surface area (Å²) in [6.07, 6.45) is 2.78. The summed E-state index contributed by atoms with van der Waals surface area (Å²) in [5, 5.41) is 0. The Kier molecular flexibility index (Phi) is 2.53. The zero-order valence-electron chi connectivity index (χ0n) is 5.74. The SMILES string of the molecule is COC(=O)c1cnc(Br)nc1. The molecule has 0 bridgehead atoms. The number of hydrogen-bond acceptors (Lipinski definition) is 4. The van der Waals surface area contributed by atoms with E-state index < -0.39 is 5.97 Å². The van der Waals surface area contributed by atoms with Gasteiger partial charge in [0.05, 0.1) is 12.7 Å². The number of esters is 1. The van der Waals surface area contributed by atoms with E-state index in [-0.39, 0.29) is 0 Å². The molecule has 0 N–H and O–H groups in total. The molecular formula is C6H5BrN2O2. The maximum absolute atomic E-state index is 10.8. The predicted molar refractivity (Wildman–Crippen MR) is 41.1 cm³/mol. The lowest BCUT2D eigenvalue weighted by Gasteiger charge is -1.95. The fraction of sp³-hybridized carbons (Fsp3) is 0.167. The molecule has 11 heavy (non-hydrogen) atoms. The van der Waals surface area contributed by atoms with E-state index in [1.807, 2.05) is 0 Å². The first-order valence-corrected chi connectivity index (χ1v) is 3.59. The fourth-order valence-electron chi connectivity index (χ4n) is 0.536. The fourth-order valence-corrected chi connectivity index (χ4v) is 0.740. The lowest BCUT2D eigenvalue weighted by Crippen LogP contribution is -2.02. The number of halogens is 1. The van der Waals surface area contributed by atoms with Gasteiger partial charge in [0.2, 0.25) is 0 Å². The van der Waals surface area contributed by atoms with Crippen LogP contribution in [0.3, 0.4) is 0 Å². The smallest absolute Gasteiger partial charge is 0.341 e. The van der Waals surface area contributed by atoms with Gasteiger partial charge in [0.15, 0.2) is 4.73 Å². The standard InChI is InChI=1S/C6H5BrN2O2/c1-11-5(10)4-2-8-6(7)9-3-4/h2-3H,1H3. The van der Waals surface area contributed by atoms with Gasteiger partial charge in [-0.25, -0.2) is 14.8 Å². The molecule has 0 spiro atoms. The van der Waals surface area contributed by atoms with Crippen LogP contribution in [0.25, 0.3) is 0 Å². The number of ether oxygens (including phenoxy) is 1. The largest absolute Gasteiger partial charge is 0.465 e. The van der Waals surface area contributed by atoms with Crippen molar-refractivity contribution in [1.29, 1.82) is 0 Å². The molecule has 0 saturated heterocycles. The zero-order valence-corrected chi connectivity index (χ0v) is 7.33. The summed E-state index contributed by atoms with van der Waals surface area (Å²) in [6.45, 7) is 0. The van der Waals surface area contributed by atoms with Crippen molar-refractivity contribution < 1.29 is 9.53 Å². The Balaban J connectivity index is 2.90. The van der Waals surface area contributed by atoms with Gasteiger partial charge in [0.25, 0.3) is 0 Å². The highest BCUT2D eigenvalue weighted by atomic mass is 79.9. The highest BCUT2D eigenvalue weighted by Crippen LogP contribution is 2.02. The third-order valence-electron chi connectivity index (χ3n) is 1.04. The lowest BCUT2D eigenvalue weighted by molar-refractivity contribution is 0.0599. The number of rotatable bonds is 1. The Labute approximate surface area is 71.7 Å². The molecule has 0 saturated carbocycles.